The van der Waals surface area contributed by atoms with Crippen LogP contribution in [-0.4, -0.2) is 17.8 Å². The minimum Gasteiger partial charge on any atom is -0.490 e. The SMILES string of the molecule is CCOc1cc(/C=C2/SC(=O)N(c3ccc(Cl)cc3)C2=O)ccc1OCc1ccccc1Cl. The van der Waals surface area contributed by atoms with Gasteiger partial charge in [0.15, 0.2) is 11.5 Å². The molecule has 0 radical (unpaired) electrons. The van der Waals surface area contributed by atoms with Crippen molar-refractivity contribution in [1.29, 1.82) is 0 Å². The molecule has 1 fully saturated rings. The summed E-state index contributed by atoms with van der Waals surface area (Å²) in [5.41, 5.74) is 2.05. The normalized spacial score (nSPS) is 14.8. The van der Waals surface area contributed by atoms with Crippen LogP contribution in [-0.2, 0) is 11.4 Å². The van der Waals surface area contributed by atoms with Gasteiger partial charge in [0.05, 0.1) is 17.2 Å². The average Bonchev–Trinajstić information content (AvgIpc) is 3.08. The molecule has 3 aromatic carbocycles. The smallest absolute Gasteiger partial charge is 0.298 e. The lowest BCUT2D eigenvalue weighted by molar-refractivity contribution is -0.113. The molecule has 1 aliphatic rings. The highest BCUT2D eigenvalue weighted by Gasteiger charge is 2.36. The Morgan fingerprint density at radius 1 is 0.939 bits per heavy atom. The highest BCUT2D eigenvalue weighted by atomic mass is 35.5. The number of anilines is 1. The number of carbonyl (C=O) groups excluding carboxylic acids is 2. The van der Waals surface area contributed by atoms with Crippen LogP contribution < -0.4 is 14.4 Å². The van der Waals surface area contributed by atoms with E-state index in [-0.39, 0.29) is 11.1 Å². The van der Waals surface area contributed by atoms with Gasteiger partial charge in [-0.2, -0.15) is 0 Å². The molecule has 0 atom stereocenters. The van der Waals surface area contributed by atoms with Gasteiger partial charge in [-0.1, -0.05) is 47.5 Å². The predicted molar refractivity (Wildman–Crippen MR) is 133 cm³/mol. The predicted octanol–water partition coefficient (Wildman–Crippen LogP) is 7.21. The molecule has 168 valence electrons. The number of nitrogens with zero attached hydrogens (tertiary/aromatic N) is 1. The van der Waals surface area contributed by atoms with Crippen molar-refractivity contribution in [3.05, 3.63) is 92.8 Å². The average molecular weight is 500 g/mol. The number of imide groups is 1. The lowest BCUT2D eigenvalue weighted by Crippen LogP contribution is -2.27. The summed E-state index contributed by atoms with van der Waals surface area (Å²) >= 11 is 13.0. The highest BCUT2D eigenvalue weighted by molar-refractivity contribution is 8.19. The van der Waals surface area contributed by atoms with Crippen LogP contribution >= 0.6 is 35.0 Å². The van der Waals surface area contributed by atoms with E-state index in [0.29, 0.717) is 50.9 Å². The van der Waals surface area contributed by atoms with Crippen molar-refractivity contribution >= 4 is 57.9 Å². The van der Waals surface area contributed by atoms with Crippen LogP contribution in [0.3, 0.4) is 0 Å². The molecule has 0 spiro atoms. The Morgan fingerprint density at radius 2 is 1.70 bits per heavy atom. The molecule has 0 N–H and O–H groups in total. The molecule has 0 bridgehead atoms. The summed E-state index contributed by atoms with van der Waals surface area (Å²) in [5.74, 6) is 0.711. The monoisotopic (exact) mass is 499 g/mol. The first kappa shape index (κ1) is 23.2. The van der Waals surface area contributed by atoms with Crippen LogP contribution in [0.15, 0.2) is 71.6 Å². The van der Waals surface area contributed by atoms with E-state index in [4.69, 9.17) is 32.7 Å². The highest BCUT2D eigenvalue weighted by Crippen LogP contribution is 2.37. The van der Waals surface area contributed by atoms with E-state index < -0.39 is 0 Å². The number of hydrogen-bond acceptors (Lipinski definition) is 5. The number of ether oxygens (including phenoxy) is 2. The Balaban J connectivity index is 1.55. The molecule has 0 aliphatic carbocycles. The van der Waals surface area contributed by atoms with Gasteiger partial charge in [-0.25, -0.2) is 4.90 Å². The van der Waals surface area contributed by atoms with Crippen LogP contribution in [0.1, 0.15) is 18.1 Å². The number of hydrogen-bond donors (Lipinski definition) is 0. The molecular formula is C25H19Cl2NO4S. The van der Waals surface area contributed by atoms with Crippen molar-refractivity contribution < 1.29 is 19.1 Å². The number of halogens is 2. The summed E-state index contributed by atoms with van der Waals surface area (Å²) in [5, 5.41) is 0.795. The van der Waals surface area contributed by atoms with Crippen molar-refractivity contribution in [2.75, 3.05) is 11.5 Å². The first-order valence-electron chi connectivity index (χ1n) is 10.1. The van der Waals surface area contributed by atoms with Crippen LogP contribution in [0, 0.1) is 0 Å². The molecule has 5 nitrogen and oxygen atoms in total. The molecule has 8 heteroatoms. The summed E-state index contributed by atoms with van der Waals surface area (Å²) in [6.07, 6.45) is 1.67. The van der Waals surface area contributed by atoms with Crippen molar-refractivity contribution in [3.8, 4) is 11.5 Å². The topological polar surface area (TPSA) is 55.8 Å². The van der Waals surface area contributed by atoms with E-state index in [0.717, 1.165) is 22.2 Å². The first-order chi connectivity index (χ1) is 16.0. The second kappa shape index (κ2) is 10.3. The fourth-order valence-corrected chi connectivity index (χ4v) is 4.36. The molecule has 1 saturated heterocycles. The van der Waals surface area contributed by atoms with Gasteiger partial charge in [-0.15, -0.1) is 0 Å². The molecule has 0 unspecified atom stereocenters. The van der Waals surface area contributed by atoms with Gasteiger partial charge < -0.3 is 9.47 Å². The Kier molecular flexibility index (Phi) is 7.28. The third-order valence-electron chi connectivity index (χ3n) is 4.78. The lowest BCUT2D eigenvalue weighted by Gasteiger charge is -2.13. The zero-order valence-corrected chi connectivity index (χ0v) is 19.9. The molecule has 2 amide bonds. The van der Waals surface area contributed by atoms with Crippen LogP contribution in [0.4, 0.5) is 10.5 Å². The number of benzene rings is 3. The van der Waals surface area contributed by atoms with Gasteiger partial charge >= 0.3 is 0 Å². The van der Waals surface area contributed by atoms with E-state index in [1.165, 1.54) is 0 Å². The number of amides is 2. The second-order valence-electron chi connectivity index (χ2n) is 7.01. The van der Waals surface area contributed by atoms with Crippen LogP contribution in [0.2, 0.25) is 10.0 Å². The maximum atomic E-state index is 12.9. The molecule has 4 rings (SSSR count). The van der Waals surface area contributed by atoms with E-state index in [2.05, 4.69) is 0 Å². The number of rotatable bonds is 7. The van der Waals surface area contributed by atoms with Gasteiger partial charge in [-0.05, 0) is 72.8 Å². The summed E-state index contributed by atoms with van der Waals surface area (Å²) in [7, 11) is 0. The third-order valence-corrected chi connectivity index (χ3v) is 6.28. The standard InChI is InChI=1S/C25H19Cl2NO4S/c1-2-31-22-13-16(7-12-21(22)32-15-17-5-3-4-6-20(17)27)14-23-24(29)28(25(30)33-23)19-10-8-18(26)9-11-19/h3-14H,2,15H2,1H3/b23-14+. The number of carbonyl (C=O) groups is 2. The fourth-order valence-electron chi connectivity index (χ4n) is 3.20. The van der Waals surface area contributed by atoms with Crippen LogP contribution in [0.5, 0.6) is 11.5 Å². The first-order valence-corrected chi connectivity index (χ1v) is 11.7. The Hall–Kier alpha value is -2.93. The third kappa shape index (κ3) is 5.36. The molecule has 0 aromatic heterocycles. The lowest BCUT2D eigenvalue weighted by atomic mass is 10.1. The van der Waals surface area contributed by atoms with Crippen molar-refractivity contribution in [1.82, 2.24) is 0 Å². The summed E-state index contributed by atoms with van der Waals surface area (Å²) in [4.78, 5) is 26.8. The zero-order chi connectivity index (χ0) is 23.4. The molecule has 1 heterocycles. The van der Waals surface area contributed by atoms with Gasteiger partial charge in [0.1, 0.15) is 6.61 Å². The maximum Gasteiger partial charge on any atom is 0.298 e. The minimum absolute atomic E-state index is 0.291. The summed E-state index contributed by atoms with van der Waals surface area (Å²) in [6.45, 7) is 2.61. The van der Waals surface area contributed by atoms with E-state index in [1.807, 2.05) is 31.2 Å². The van der Waals surface area contributed by atoms with Gasteiger partial charge in [0.2, 0.25) is 0 Å². The van der Waals surface area contributed by atoms with Crippen molar-refractivity contribution in [2.45, 2.75) is 13.5 Å². The quantitative estimate of drug-likeness (QED) is 0.321. The number of thioether (sulfide) groups is 1. The van der Waals surface area contributed by atoms with Gasteiger partial charge in [-0.3, -0.25) is 9.59 Å². The van der Waals surface area contributed by atoms with Gasteiger partial charge in [0.25, 0.3) is 11.1 Å². The maximum absolute atomic E-state index is 12.9. The van der Waals surface area contributed by atoms with E-state index in [9.17, 15) is 9.59 Å². The minimum atomic E-state index is -0.385. The van der Waals surface area contributed by atoms with E-state index in [1.54, 1.807) is 48.5 Å². The van der Waals surface area contributed by atoms with Crippen molar-refractivity contribution in [3.63, 3.8) is 0 Å². The zero-order valence-electron chi connectivity index (χ0n) is 17.6. The fraction of sp³-hybridized carbons (Fsp3) is 0.120. The largest absolute Gasteiger partial charge is 0.490 e. The molecular weight excluding hydrogens is 481 g/mol. The molecule has 33 heavy (non-hydrogen) atoms. The summed E-state index contributed by atoms with van der Waals surface area (Å²) < 4.78 is 11.7. The van der Waals surface area contributed by atoms with Gasteiger partial charge in [0, 0.05) is 15.6 Å². The Labute approximate surface area is 205 Å². The molecule has 1 aliphatic heterocycles. The molecule has 3 aromatic rings. The van der Waals surface area contributed by atoms with Crippen molar-refractivity contribution in [2.24, 2.45) is 0 Å². The Bertz CT molecular complexity index is 1230. The van der Waals surface area contributed by atoms with E-state index >= 15 is 0 Å². The van der Waals surface area contributed by atoms with Crippen LogP contribution in [0.25, 0.3) is 6.08 Å². The summed E-state index contributed by atoms with van der Waals surface area (Å²) in [6, 6.07) is 19.4. The second-order valence-corrected chi connectivity index (χ2v) is 8.85. The Morgan fingerprint density at radius 3 is 2.42 bits per heavy atom. The molecule has 0 saturated carbocycles.